The van der Waals surface area contributed by atoms with E-state index < -0.39 is 0 Å². The first-order valence-electron chi connectivity index (χ1n) is 8.09. The number of aromatic nitrogens is 1. The van der Waals surface area contributed by atoms with Crippen molar-refractivity contribution in [3.63, 3.8) is 0 Å². The van der Waals surface area contributed by atoms with Crippen LogP contribution in [0.15, 0.2) is 42.5 Å². The minimum absolute atomic E-state index is 0.0635. The number of nitrogens with zero attached hydrogens (tertiary/aromatic N) is 1. The quantitative estimate of drug-likeness (QED) is 0.637. The zero-order valence-electron chi connectivity index (χ0n) is 14.2. The summed E-state index contributed by atoms with van der Waals surface area (Å²) in [5, 5.41) is 3.44. The van der Waals surface area contributed by atoms with Gasteiger partial charge in [-0.3, -0.25) is 4.79 Å². The molecule has 2 aromatic carbocycles. The van der Waals surface area contributed by atoms with E-state index in [1.54, 1.807) is 7.11 Å². The number of benzene rings is 2. The van der Waals surface area contributed by atoms with E-state index in [9.17, 15) is 4.79 Å². The monoisotopic (exact) mass is 356 g/mol. The molecule has 1 heterocycles. The third-order valence-electron chi connectivity index (χ3n) is 3.75. The molecule has 0 unspecified atom stereocenters. The van der Waals surface area contributed by atoms with Crippen LogP contribution < -0.4 is 14.8 Å². The lowest BCUT2D eigenvalue weighted by Crippen LogP contribution is -2.12. The predicted molar refractivity (Wildman–Crippen MR) is 101 cm³/mol. The van der Waals surface area contributed by atoms with Crippen molar-refractivity contribution in [2.24, 2.45) is 0 Å². The van der Waals surface area contributed by atoms with Crippen LogP contribution in [0.5, 0.6) is 11.5 Å². The van der Waals surface area contributed by atoms with Crippen LogP contribution in [0, 0.1) is 6.92 Å². The minimum atomic E-state index is -0.0635. The van der Waals surface area contributed by atoms with E-state index in [4.69, 9.17) is 9.47 Å². The summed E-state index contributed by atoms with van der Waals surface area (Å²) in [7, 11) is 1.61. The van der Waals surface area contributed by atoms with E-state index in [1.807, 2.05) is 49.4 Å². The first-order chi connectivity index (χ1) is 12.2. The van der Waals surface area contributed by atoms with Gasteiger partial charge in [0.2, 0.25) is 5.91 Å². The Hall–Kier alpha value is -2.60. The number of methoxy groups -OCH3 is 1. The highest BCUT2D eigenvalue weighted by molar-refractivity contribution is 7.22. The maximum absolute atomic E-state index is 12.1. The number of anilines is 1. The summed E-state index contributed by atoms with van der Waals surface area (Å²) in [4.78, 5) is 16.5. The Bertz CT molecular complexity index is 876. The Morgan fingerprint density at radius 2 is 1.96 bits per heavy atom. The van der Waals surface area contributed by atoms with Crippen molar-refractivity contribution in [3.05, 3.63) is 48.0 Å². The van der Waals surface area contributed by atoms with Crippen LogP contribution in [0.1, 0.15) is 18.4 Å². The van der Waals surface area contributed by atoms with Gasteiger partial charge in [0.1, 0.15) is 17.0 Å². The molecular weight excluding hydrogens is 336 g/mol. The minimum Gasteiger partial charge on any atom is -0.494 e. The van der Waals surface area contributed by atoms with Gasteiger partial charge < -0.3 is 14.8 Å². The average molecular weight is 356 g/mol. The van der Waals surface area contributed by atoms with Gasteiger partial charge in [-0.15, -0.1) is 0 Å². The first kappa shape index (κ1) is 17.2. The fourth-order valence-corrected chi connectivity index (χ4v) is 3.36. The standard InChI is InChI=1S/C19H20N2O3S/c1-13-7-3-4-8-14(13)24-12-6-11-17(22)20-19-21-18-15(23-2)9-5-10-16(18)25-19/h3-5,7-10H,6,11-12H2,1-2H3,(H,20,21,22). The van der Waals surface area contributed by atoms with Gasteiger partial charge >= 0.3 is 0 Å². The summed E-state index contributed by atoms with van der Waals surface area (Å²) in [5.41, 5.74) is 1.86. The molecule has 0 bridgehead atoms. The molecule has 0 spiro atoms. The maximum atomic E-state index is 12.1. The predicted octanol–water partition coefficient (Wildman–Crippen LogP) is 4.41. The highest BCUT2D eigenvalue weighted by atomic mass is 32.1. The molecule has 0 aliphatic carbocycles. The molecule has 3 rings (SSSR count). The van der Waals surface area contributed by atoms with Crippen molar-refractivity contribution in [3.8, 4) is 11.5 Å². The van der Waals surface area contributed by atoms with Crippen molar-refractivity contribution >= 4 is 32.6 Å². The van der Waals surface area contributed by atoms with Crippen molar-refractivity contribution in [1.82, 2.24) is 4.98 Å². The van der Waals surface area contributed by atoms with E-state index in [-0.39, 0.29) is 5.91 Å². The largest absolute Gasteiger partial charge is 0.494 e. The Labute approximate surface area is 150 Å². The lowest BCUT2D eigenvalue weighted by atomic mass is 10.2. The van der Waals surface area contributed by atoms with Gasteiger partial charge in [-0.25, -0.2) is 4.98 Å². The fraction of sp³-hybridized carbons (Fsp3) is 0.263. The lowest BCUT2D eigenvalue weighted by molar-refractivity contribution is -0.116. The van der Waals surface area contributed by atoms with Crippen LogP contribution in [-0.4, -0.2) is 24.6 Å². The lowest BCUT2D eigenvalue weighted by Gasteiger charge is -2.08. The third-order valence-corrected chi connectivity index (χ3v) is 4.68. The molecule has 1 N–H and O–H groups in total. The number of carbonyl (C=O) groups excluding carboxylic acids is 1. The van der Waals surface area contributed by atoms with E-state index in [0.29, 0.717) is 30.3 Å². The van der Waals surface area contributed by atoms with Gasteiger partial charge in [0.15, 0.2) is 5.13 Å². The summed E-state index contributed by atoms with van der Waals surface area (Å²) in [6, 6.07) is 13.6. The number of fused-ring (bicyclic) bond motifs is 1. The molecule has 3 aromatic rings. The number of nitrogens with one attached hydrogen (secondary N) is 1. The number of para-hydroxylation sites is 2. The van der Waals surface area contributed by atoms with E-state index in [2.05, 4.69) is 10.3 Å². The van der Waals surface area contributed by atoms with Gasteiger partial charge in [0.05, 0.1) is 18.4 Å². The van der Waals surface area contributed by atoms with E-state index >= 15 is 0 Å². The first-order valence-corrected chi connectivity index (χ1v) is 8.91. The second kappa shape index (κ2) is 7.98. The average Bonchev–Trinajstić information content (AvgIpc) is 3.02. The summed E-state index contributed by atoms with van der Waals surface area (Å²) < 4.78 is 12.0. The van der Waals surface area contributed by atoms with Crippen LogP contribution in [0.2, 0.25) is 0 Å². The van der Waals surface area contributed by atoms with E-state index in [0.717, 1.165) is 21.5 Å². The van der Waals surface area contributed by atoms with Gasteiger partial charge in [-0.1, -0.05) is 35.6 Å². The van der Waals surface area contributed by atoms with Crippen molar-refractivity contribution < 1.29 is 14.3 Å². The number of ether oxygens (including phenoxy) is 2. The smallest absolute Gasteiger partial charge is 0.226 e. The van der Waals surface area contributed by atoms with Gasteiger partial charge in [-0.2, -0.15) is 0 Å². The highest BCUT2D eigenvalue weighted by Gasteiger charge is 2.11. The molecule has 1 amide bonds. The molecule has 0 saturated heterocycles. The van der Waals surface area contributed by atoms with Crippen LogP contribution in [0.4, 0.5) is 5.13 Å². The molecular formula is C19H20N2O3S. The molecule has 5 nitrogen and oxygen atoms in total. The highest BCUT2D eigenvalue weighted by Crippen LogP contribution is 2.32. The third kappa shape index (κ3) is 4.28. The molecule has 0 aliphatic heterocycles. The number of hydrogen-bond acceptors (Lipinski definition) is 5. The summed E-state index contributed by atoms with van der Waals surface area (Å²) >= 11 is 1.44. The fourth-order valence-electron chi connectivity index (χ4n) is 2.46. The summed E-state index contributed by atoms with van der Waals surface area (Å²) in [5.74, 6) is 1.51. The molecule has 6 heteroatoms. The Kier molecular flexibility index (Phi) is 5.50. The molecule has 0 radical (unpaired) electrons. The molecule has 25 heavy (non-hydrogen) atoms. The molecule has 130 valence electrons. The normalized spacial score (nSPS) is 10.6. The Morgan fingerprint density at radius 3 is 2.76 bits per heavy atom. The number of hydrogen-bond donors (Lipinski definition) is 1. The van der Waals surface area contributed by atoms with Crippen LogP contribution >= 0.6 is 11.3 Å². The number of carbonyl (C=O) groups is 1. The zero-order valence-corrected chi connectivity index (χ0v) is 15.1. The van der Waals surface area contributed by atoms with Crippen LogP contribution in [-0.2, 0) is 4.79 Å². The topological polar surface area (TPSA) is 60.5 Å². The molecule has 0 atom stereocenters. The van der Waals surface area contributed by atoms with Gasteiger partial charge in [0, 0.05) is 6.42 Å². The van der Waals surface area contributed by atoms with Gasteiger partial charge in [-0.05, 0) is 37.1 Å². The molecule has 0 fully saturated rings. The second-order valence-corrected chi connectivity index (χ2v) is 6.62. The Morgan fingerprint density at radius 1 is 1.16 bits per heavy atom. The maximum Gasteiger partial charge on any atom is 0.226 e. The van der Waals surface area contributed by atoms with Crippen molar-refractivity contribution in [2.45, 2.75) is 19.8 Å². The number of thiazole rings is 1. The number of amides is 1. The molecule has 0 saturated carbocycles. The van der Waals surface area contributed by atoms with Crippen LogP contribution in [0.3, 0.4) is 0 Å². The summed E-state index contributed by atoms with van der Waals surface area (Å²) in [6.45, 7) is 2.51. The Balaban J connectivity index is 1.50. The van der Waals surface area contributed by atoms with Crippen LogP contribution in [0.25, 0.3) is 10.2 Å². The van der Waals surface area contributed by atoms with E-state index in [1.165, 1.54) is 11.3 Å². The second-order valence-electron chi connectivity index (χ2n) is 5.59. The number of rotatable bonds is 7. The SMILES string of the molecule is COc1cccc2sc(NC(=O)CCCOc3ccccc3C)nc12. The zero-order chi connectivity index (χ0) is 17.6. The van der Waals surface area contributed by atoms with Crippen molar-refractivity contribution in [1.29, 1.82) is 0 Å². The summed E-state index contributed by atoms with van der Waals surface area (Å²) in [6.07, 6.45) is 1.04. The number of aryl methyl sites for hydroxylation is 1. The van der Waals surface area contributed by atoms with Gasteiger partial charge in [0.25, 0.3) is 0 Å². The molecule has 1 aromatic heterocycles. The molecule has 0 aliphatic rings. The van der Waals surface area contributed by atoms with Crippen molar-refractivity contribution in [2.75, 3.05) is 19.0 Å².